The molecule has 0 radical (unpaired) electrons. The van der Waals surface area contributed by atoms with Crippen LogP contribution in [0.5, 0.6) is 5.75 Å². The fourth-order valence-electron chi connectivity index (χ4n) is 6.20. The number of alkyl halides is 3. The number of carbonyl (C=O) groups is 3. The largest absolute Gasteiger partial charge is 0.497 e. The monoisotopic (exact) mass is 647 g/mol. The van der Waals surface area contributed by atoms with Crippen LogP contribution in [0.2, 0.25) is 0 Å². The summed E-state index contributed by atoms with van der Waals surface area (Å²) < 4.78 is 37.2. The Morgan fingerprint density at radius 3 is 2.38 bits per heavy atom. The number of carbonyl (C=O) groups excluding carboxylic acids is 2. The molecule has 2 fully saturated rings. The Morgan fingerprint density at radius 1 is 1.02 bits per heavy atom. The van der Waals surface area contributed by atoms with Crippen molar-refractivity contribution in [1.29, 1.82) is 0 Å². The lowest BCUT2D eigenvalue weighted by Crippen LogP contribution is -2.47. The van der Waals surface area contributed by atoms with Crippen LogP contribution in [0.4, 0.5) is 18.9 Å². The van der Waals surface area contributed by atoms with Gasteiger partial charge in [0, 0.05) is 48.7 Å². The van der Waals surface area contributed by atoms with E-state index in [0.29, 0.717) is 5.56 Å². The van der Waals surface area contributed by atoms with Gasteiger partial charge in [-0.15, -0.1) is 0 Å². The molecule has 7 rings (SSSR count). The molecule has 1 spiro atoms. The number of aliphatic carboxylic acids is 1. The van der Waals surface area contributed by atoms with Crippen molar-refractivity contribution in [3.63, 3.8) is 0 Å². The lowest BCUT2D eigenvalue weighted by atomic mass is 9.91. The van der Waals surface area contributed by atoms with Crippen molar-refractivity contribution < 1.29 is 37.4 Å². The van der Waals surface area contributed by atoms with Gasteiger partial charge in [0.15, 0.2) is 0 Å². The summed E-state index contributed by atoms with van der Waals surface area (Å²) in [5.74, 6) is -1.73. The molecule has 3 aromatic carbocycles. The average molecular weight is 648 g/mol. The number of ether oxygens (including phenoxy) is 1. The smallest absolute Gasteiger partial charge is 0.490 e. The number of aromatic amines is 1. The third kappa shape index (κ3) is 6.18. The highest BCUT2D eigenvalue weighted by Gasteiger charge is 2.65. The van der Waals surface area contributed by atoms with E-state index in [2.05, 4.69) is 45.7 Å². The molecule has 3 N–H and O–H groups in total. The molecule has 47 heavy (non-hydrogen) atoms. The minimum Gasteiger partial charge on any atom is -0.497 e. The van der Waals surface area contributed by atoms with Crippen LogP contribution in [0.15, 0.2) is 60.7 Å². The molecule has 2 unspecified atom stereocenters. The molecular formula is C34H32F3N5O5. The summed E-state index contributed by atoms with van der Waals surface area (Å²) >= 11 is 0. The van der Waals surface area contributed by atoms with Gasteiger partial charge >= 0.3 is 12.1 Å². The second-order valence-corrected chi connectivity index (χ2v) is 11.9. The van der Waals surface area contributed by atoms with Crippen molar-refractivity contribution in [2.75, 3.05) is 45.7 Å². The third-order valence-electron chi connectivity index (χ3n) is 8.96. The van der Waals surface area contributed by atoms with E-state index in [-0.39, 0.29) is 17.7 Å². The van der Waals surface area contributed by atoms with Gasteiger partial charge in [-0.3, -0.25) is 14.7 Å². The van der Waals surface area contributed by atoms with E-state index in [9.17, 15) is 22.8 Å². The third-order valence-corrected chi connectivity index (χ3v) is 8.96. The van der Waals surface area contributed by atoms with E-state index in [4.69, 9.17) is 14.6 Å². The van der Waals surface area contributed by atoms with Crippen molar-refractivity contribution >= 4 is 46.5 Å². The van der Waals surface area contributed by atoms with Crippen LogP contribution in [0.3, 0.4) is 0 Å². The molecule has 1 saturated carbocycles. The number of likely N-dealkylation sites (N-methyl/N-ethyl adjacent to an activating group) is 1. The summed E-state index contributed by atoms with van der Waals surface area (Å²) in [5, 5.41) is 18.9. The highest BCUT2D eigenvalue weighted by Crippen LogP contribution is 2.65. The average Bonchev–Trinajstić information content (AvgIpc) is 3.60. The van der Waals surface area contributed by atoms with Crippen LogP contribution in [0.1, 0.15) is 45.1 Å². The number of halogens is 3. The van der Waals surface area contributed by atoms with Gasteiger partial charge in [-0.05, 0) is 72.6 Å². The number of benzene rings is 3. The molecule has 2 amide bonds. The maximum atomic E-state index is 13.0. The number of nitrogens with zero attached hydrogens (tertiary/aromatic N) is 3. The van der Waals surface area contributed by atoms with Crippen molar-refractivity contribution in [2.24, 2.45) is 0 Å². The van der Waals surface area contributed by atoms with E-state index in [1.54, 1.807) is 7.11 Å². The predicted octanol–water partition coefficient (Wildman–Crippen LogP) is 5.14. The maximum absolute atomic E-state index is 13.0. The zero-order chi connectivity index (χ0) is 33.5. The van der Waals surface area contributed by atoms with Crippen LogP contribution < -0.4 is 10.1 Å². The van der Waals surface area contributed by atoms with Gasteiger partial charge in [0.25, 0.3) is 5.91 Å². The number of carboxylic acids is 1. The molecule has 1 aromatic heterocycles. The summed E-state index contributed by atoms with van der Waals surface area (Å²) in [7, 11) is 3.73. The fourth-order valence-corrected chi connectivity index (χ4v) is 6.20. The molecule has 244 valence electrons. The van der Waals surface area contributed by atoms with Crippen LogP contribution >= 0.6 is 0 Å². The summed E-state index contributed by atoms with van der Waals surface area (Å²) in [6.45, 7) is 3.35. The lowest BCUT2D eigenvalue weighted by molar-refractivity contribution is -0.192. The van der Waals surface area contributed by atoms with Crippen LogP contribution in [-0.2, 0) is 15.0 Å². The summed E-state index contributed by atoms with van der Waals surface area (Å²) in [4.78, 5) is 38.9. The van der Waals surface area contributed by atoms with Gasteiger partial charge in [-0.2, -0.15) is 18.3 Å². The van der Waals surface area contributed by atoms with Crippen LogP contribution in [-0.4, -0.2) is 89.4 Å². The van der Waals surface area contributed by atoms with Gasteiger partial charge in [0.1, 0.15) is 5.75 Å². The highest BCUT2D eigenvalue weighted by atomic mass is 19.4. The van der Waals surface area contributed by atoms with E-state index in [1.165, 1.54) is 0 Å². The number of amides is 2. The number of aromatic nitrogens is 2. The number of anilines is 1. The van der Waals surface area contributed by atoms with E-state index in [1.807, 2.05) is 59.5 Å². The van der Waals surface area contributed by atoms with E-state index < -0.39 is 17.6 Å². The SMILES string of the molecule is COc1ccc2c(c1)C1(CC1c1ccc3c(/C=C/c4ccc(C(=O)N5CCN(C)CC5)cc4)n[nH]c3c1)C(=O)N2.O=C(O)C(F)(F)F. The van der Waals surface area contributed by atoms with Gasteiger partial charge in [-0.1, -0.05) is 30.3 Å². The molecule has 3 heterocycles. The first-order valence-electron chi connectivity index (χ1n) is 14.9. The minimum absolute atomic E-state index is 0.0605. The number of fused-ring (bicyclic) bond motifs is 3. The first kappa shape index (κ1) is 31.8. The maximum Gasteiger partial charge on any atom is 0.490 e. The molecule has 10 nitrogen and oxygen atoms in total. The van der Waals surface area contributed by atoms with Crippen molar-refractivity contribution in [2.45, 2.75) is 23.9 Å². The number of carboxylic acid groups (broad SMARTS) is 1. The predicted molar refractivity (Wildman–Crippen MR) is 169 cm³/mol. The number of H-pyrrole nitrogens is 1. The second-order valence-electron chi connectivity index (χ2n) is 11.9. The Labute approximate surface area is 267 Å². The first-order chi connectivity index (χ1) is 22.4. The first-order valence-corrected chi connectivity index (χ1v) is 14.9. The van der Waals surface area contributed by atoms with Crippen LogP contribution in [0.25, 0.3) is 23.1 Å². The lowest BCUT2D eigenvalue weighted by Gasteiger charge is -2.32. The summed E-state index contributed by atoms with van der Waals surface area (Å²) in [6.07, 6.45) is -0.309. The number of hydrogen-bond acceptors (Lipinski definition) is 6. The highest BCUT2D eigenvalue weighted by molar-refractivity contribution is 6.10. The Balaban J connectivity index is 0.000000499. The van der Waals surface area contributed by atoms with Crippen LogP contribution in [0, 0.1) is 0 Å². The molecule has 2 aliphatic heterocycles. The second kappa shape index (κ2) is 12.2. The normalized spacial score (nSPS) is 20.6. The minimum atomic E-state index is -5.08. The van der Waals surface area contributed by atoms with E-state index in [0.717, 1.165) is 77.3 Å². The Bertz CT molecular complexity index is 1880. The molecule has 4 aromatic rings. The number of nitrogens with one attached hydrogen (secondary N) is 2. The van der Waals surface area contributed by atoms with Crippen molar-refractivity contribution in [1.82, 2.24) is 20.0 Å². The number of methoxy groups -OCH3 is 1. The molecule has 1 aliphatic carbocycles. The number of piperazine rings is 1. The fraction of sp³-hybridized carbons (Fsp3) is 0.294. The molecule has 3 aliphatic rings. The molecular weight excluding hydrogens is 615 g/mol. The van der Waals surface area contributed by atoms with Gasteiger partial charge in [-0.25, -0.2) is 4.79 Å². The topological polar surface area (TPSA) is 128 Å². The van der Waals surface area contributed by atoms with Gasteiger partial charge in [0.05, 0.1) is 23.7 Å². The summed E-state index contributed by atoms with van der Waals surface area (Å²) in [6, 6.07) is 19.8. The standard InChI is InChI=1S/C32H31N5O3.C2HF3O2/c1-36-13-15-37(16-14-36)30(38)21-6-3-20(4-7-21)5-11-27-24-10-8-22(17-29(24)35-34-27)26-19-32(26)25-18-23(40-2)9-12-28(25)33-31(32)39;3-2(4,5)1(6)7/h3-12,17-18,26H,13-16,19H2,1-2H3,(H,33,39)(H,34,35);(H,6,7)/b11-5+;. The molecule has 2 atom stereocenters. The quantitative estimate of drug-likeness (QED) is 0.274. The molecule has 0 bridgehead atoms. The Morgan fingerprint density at radius 2 is 1.72 bits per heavy atom. The van der Waals surface area contributed by atoms with Crippen molar-refractivity contribution in [3.8, 4) is 5.75 Å². The summed E-state index contributed by atoms with van der Waals surface area (Å²) in [5.41, 5.74) is 6.00. The zero-order valence-corrected chi connectivity index (χ0v) is 25.6. The van der Waals surface area contributed by atoms with Gasteiger partial charge < -0.3 is 25.0 Å². The van der Waals surface area contributed by atoms with E-state index >= 15 is 0 Å². The zero-order valence-electron chi connectivity index (χ0n) is 25.6. The Kier molecular flexibility index (Phi) is 8.26. The van der Waals surface area contributed by atoms with Gasteiger partial charge in [0.2, 0.25) is 5.91 Å². The molecule has 1 saturated heterocycles. The number of hydrogen-bond donors (Lipinski definition) is 3. The van der Waals surface area contributed by atoms with Crippen molar-refractivity contribution in [3.05, 3.63) is 88.6 Å². The Hall–Kier alpha value is -5.17. The number of rotatable bonds is 5. The molecule has 13 heteroatoms.